The standard InChI is InChI=1S/C8H13NO/c1-8(2,3)7(10)9-5-4-6-9/h4-5H,6H2,1-3H3. The highest BCUT2D eigenvalue weighted by Crippen LogP contribution is 2.19. The van der Waals surface area contributed by atoms with Crippen molar-refractivity contribution in [2.75, 3.05) is 6.54 Å². The van der Waals surface area contributed by atoms with Crippen LogP contribution < -0.4 is 0 Å². The fraction of sp³-hybridized carbons (Fsp3) is 0.625. The normalized spacial score (nSPS) is 16.9. The summed E-state index contributed by atoms with van der Waals surface area (Å²) < 4.78 is 0. The zero-order valence-corrected chi connectivity index (χ0v) is 6.72. The van der Waals surface area contributed by atoms with Gasteiger partial charge in [-0.05, 0) is 6.08 Å². The summed E-state index contributed by atoms with van der Waals surface area (Å²) in [5, 5.41) is 0. The summed E-state index contributed by atoms with van der Waals surface area (Å²) in [4.78, 5) is 13.1. The third kappa shape index (κ3) is 1.20. The predicted molar refractivity (Wildman–Crippen MR) is 40.3 cm³/mol. The molecule has 0 atom stereocenters. The van der Waals surface area contributed by atoms with Gasteiger partial charge < -0.3 is 4.90 Å². The predicted octanol–water partition coefficient (Wildman–Crippen LogP) is 1.39. The molecule has 1 aliphatic rings. The fourth-order valence-electron chi connectivity index (χ4n) is 0.792. The Labute approximate surface area is 61.5 Å². The lowest BCUT2D eigenvalue weighted by Gasteiger charge is -2.29. The Morgan fingerprint density at radius 2 is 2.00 bits per heavy atom. The van der Waals surface area contributed by atoms with Gasteiger partial charge >= 0.3 is 0 Å². The zero-order chi connectivity index (χ0) is 7.78. The van der Waals surface area contributed by atoms with Gasteiger partial charge in [0.1, 0.15) is 0 Å². The molecule has 0 saturated carbocycles. The molecular weight excluding hydrogens is 126 g/mol. The average Bonchev–Trinajstić information content (AvgIpc) is 1.57. The monoisotopic (exact) mass is 139 g/mol. The van der Waals surface area contributed by atoms with Crippen LogP contribution in [-0.4, -0.2) is 17.4 Å². The van der Waals surface area contributed by atoms with Crippen LogP contribution in [0.1, 0.15) is 20.8 Å². The van der Waals surface area contributed by atoms with E-state index in [0.717, 1.165) is 6.54 Å². The van der Waals surface area contributed by atoms with Crippen LogP contribution in [0.25, 0.3) is 0 Å². The van der Waals surface area contributed by atoms with Gasteiger partial charge in [0.2, 0.25) is 5.91 Å². The van der Waals surface area contributed by atoms with Crippen molar-refractivity contribution in [2.24, 2.45) is 5.41 Å². The molecule has 2 heteroatoms. The molecule has 1 aliphatic heterocycles. The lowest BCUT2D eigenvalue weighted by Crippen LogP contribution is -2.39. The van der Waals surface area contributed by atoms with Crippen molar-refractivity contribution >= 4 is 5.91 Å². The zero-order valence-electron chi connectivity index (χ0n) is 6.72. The van der Waals surface area contributed by atoms with Gasteiger partial charge in [-0.15, -0.1) is 0 Å². The molecule has 0 aliphatic carbocycles. The van der Waals surface area contributed by atoms with E-state index in [9.17, 15) is 4.79 Å². The van der Waals surface area contributed by atoms with Crippen LogP contribution in [0.4, 0.5) is 0 Å². The Hall–Kier alpha value is -0.790. The molecule has 0 saturated heterocycles. The van der Waals surface area contributed by atoms with E-state index in [2.05, 4.69) is 0 Å². The van der Waals surface area contributed by atoms with Gasteiger partial charge in [-0.2, -0.15) is 0 Å². The topological polar surface area (TPSA) is 20.3 Å². The second-order valence-corrected chi connectivity index (χ2v) is 3.59. The van der Waals surface area contributed by atoms with E-state index < -0.39 is 0 Å². The fourth-order valence-corrected chi connectivity index (χ4v) is 0.792. The van der Waals surface area contributed by atoms with E-state index in [4.69, 9.17) is 0 Å². The molecule has 0 fully saturated rings. The Morgan fingerprint density at radius 1 is 1.50 bits per heavy atom. The lowest BCUT2D eigenvalue weighted by molar-refractivity contribution is -0.137. The molecule has 10 heavy (non-hydrogen) atoms. The van der Waals surface area contributed by atoms with Crippen LogP contribution in [0.3, 0.4) is 0 Å². The van der Waals surface area contributed by atoms with Gasteiger partial charge in [-0.25, -0.2) is 0 Å². The van der Waals surface area contributed by atoms with E-state index in [1.807, 2.05) is 33.0 Å². The molecule has 0 aromatic heterocycles. The SMILES string of the molecule is CC(C)(C)C(=O)N1C=CC1. The summed E-state index contributed by atoms with van der Waals surface area (Å²) in [6.45, 7) is 6.58. The van der Waals surface area contributed by atoms with Gasteiger partial charge in [-0.1, -0.05) is 20.8 Å². The van der Waals surface area contributed by atoms with Crippen molar-refractivity contribution in [3.8, 4) is 0 Å². The Morgan fingerprint density at radius 3 is 2.10 bits per heavy atom. The van der Waals surface area contributed by atoms with Crippen LogP contribution in [-0.2, 0) is 4.79 Å². The smallest absolute Gasteiger partial charge is 0.232 e. The van der Waals surface area contributed by atoms with E-state index in [1.54, 1.807) is 4.90 Å². The largest absolute Gasteiger partial charge is 0.315 e. The Balaban J connectivity index is 2.57. The van der Waals surface area contributed by atoms with Crippen molar-refractivity contribution in [1.29, 1.82) is 0 Å². The molecule has 0 N–H and O–H groups in total. The number of hydrogen-bond acceptors (Lipinski definition) is 1. The van der Waals surface area contributed by atoms with Crippen LogP contribution >= 0.6 is 0 Å². The summed E-state index contributed by atoms with van der Waals surface area (Å²) in [5.74, 6) is 0.204. The van der Waals surface area contributed by atoms with E-state index in [-0.39, 0.29) is 11.3 Å². The minimum absolute atomic E-state index is 0.204. The number of carbonyl (C=O) groups is 1. The maximum absolute atomic E-state index is 11.3. The minimum atomic E-state index is -0.231. The summed E-state index contributed by atoms with van der Waals surface area (Å²) in [6, 6.07) is 0. The number of nitrogens with zero attached hydrogens (tertiary/aromatic N) is 1. The molecule has 1 heterocycles. The molecule has 0 unspecified atom stereocenters. The minimum Gasteiger partial charge on any atom is -0.315 e. The Kier molecular flexibility index (Phi) is 1.55. The number of amides is 1. The van der Waals surface area contributed by atoms with Crippen LogP contribution in [0, 0.1) is 5.41 Å². The first kappa shape index (κ1) is 7.32. The molecule has 0 spiro atoms. The van der Waals surface area contributed by atoms with Crippen LogP contribution in [0.2, 0.25) is 0 Å². The van der Waals surface area contributed by atoms with Crippen molar-refractivity contribution in [2.45, 2.75) is 20.8 Å². The van der Waals surface area contributed by atoms with Gasteiger partial charge in [0.05, 0.1) is 0 Å². The average molecular weight is 139 g/mol. The second-order valence-electron chi connectivity index (χ2n) is 3.59. The third-order valence-electron chi connectivity index (χ3n) is 1.49. The number of carbonyl (C=O) groups excluding carboxylic acids is 1. The van der Waals surface area contributed by atoms with Crippen LogP contribution in [0.15, 0.2) is 12.3 Å². The van der Waals surface area contributed by atoms with Crippen molar-refractivity contribution in [1.82, 2.24) is 4.90 Å². The molecule has 2 nitrogen and oxygen atoms in total. The molecule has 0 aromatic rings. The molecule has 1 rings (SSSR count). The molecule has 0 bridgehead atoms. The highest BCUT2D eigenvalue weighted by molar-refractivity contribution is 5.83. The molecule has 0 aromatic carbocycles. The van der Waals surface area contributed by atoms with Gasteiger partial charge in [-0.3, -0.25) is 4.79 Å². The maximum Gasteiger partial charge on any atom is 0.232 e. The third-order valence-corrected chi connectivity index (χ3v) is 1.49. The van der Waals surface area contributed by atoms with Gasteiger partial charge in [0.15, 0.2) is 0 Å². The van der Waals surface area contributed by atoms with Gasteiger partial charge in [0, 0.05) is 18.2 Å². The first-order valence-corrected chi connectivity index (χ1v) is 3.49. The van der Waals surface area contributed by atoms with E-state index >= 15 is 0 Å². The summed E-state index contributed by atoms with van der Waals surface area (Å²) in [7, 11) is 0. The van der Waals surface area contributed by atoms with Crippen molar-refractivity contribution < 1.29 is 4.79 Å². The van der Waals surface area contributed by atoms with Crippen molar-refractivity contribution in [3.63, 3.8) is 0 Å². The van der Waals surface area contributed by atoms with Gasteiger partial charge in [0.25, 0.3) is 0 Å². The highest BCUT2D eigenvalue weighted by atomic mass is 16.2. The number of hydrogen-bond donors (Lipinski definition) is 0. The maximum atomic E-state index is 11.3. The first-order valence-electron chi connectivity index (χ1n) is 3.49. The summed E-state index contributed by atoms with van der Waals surface area (Å²) in [5.41, 5.74) is -0.231. The summed E-state index contributed by atoms with van der Waals surface area (Å²) in [6.07, 6.45) is 3.80. The highest BCUT2D eigenvalue weighted by Gasteiger charge is 2.27. The quantitative estimate of drug-likeness (QED) is 0.496. The number of rotatable bonds is 0. The van der Waals surface area contributed by atoms with Crippen LogP contribution in [0.5, 0.6) is 0 Å². The Bertz CT molecular complexity index is 176. The van der Waals surface area contributed by atoms with E-state index in [0.29, 0.717) is 0 Å². The summed E-state index contributed by atoms with van der Waals surface area (Å²) >= 11 is 0. The lowest BCUT2D eigenvalue weighted by atomic mass is 9.94. The molecule has 1 amide bonds. The first-order chi connectivity index (χ1) is 4.52. The van der Waals surface area contributed by atoms with E-state index in [1.165, 1.54) is 0 Å². The molecule has 0 radical (unpaired) electrons. The van der Waals surface area contributed by atoms with Crippen molar-refractivity contribution in [3.05, 3.63) is 12.3 Å². The molecule has 56 valence electrons. The second kappa shape index (κ2) is 2.11. The molecular formula is C8H13NO.